The van der Waals surface area contributed by atoms with Crippen molar-refractivity contribution in [1.82, 2.24) is 20.9 Å². The molecule has 178 valence electrons. The minimum absolute atomic E-state index is 0.0914. The third-order valence-electron chi connectivity index (χ3n) is 6.64. The van der Waals surface area contributed by atoms with Crippen LogP contribution in [0.5, 0.6) is 5.75 Å². The predicted octanol–water partition coefficient (Wildman–Crippen LogP) is 1.59. The molecule has 2 aliphatic rings. The van der Waals surface area contributed by atoms with Crippen LogP contribution in [0.15, 0.2) is 47.5 Å². The molecule has 0 aromatic heterocycles. The van der Waals surface area contributed by atoms with Gasteiger partial charge in [0.05, 0.1) is 12.5 Å². The number of nitrogens with one attached hydrogen (secondary N) is 3. The minimum Gasteiger partial charge on any atom is -0.496 e. The Hall–Kier alpha value is -2.77. The van der Waals surface area contributed by atoms with Crippen molar-refractivity contribution in [2.75, 3.05) is 40.2 Å². The van der Waals surface area contributed by atoms with Crippen molar-refractivity contribution in [3.8, 4) is 5.75 Å². The van der Waals surface area contributed by atoms with Crippen LogP contribution in [0.25, 0.3) is 5.82 Å². The van der Waals surface area contributed by atoms with Gasteiger partial charge in [-0.15, -0.1) is 0 Å². The van der Waals surface area contributed by atoms with Gasteiger partial charge in [-0.05, 0) is 43.9 Å². The zero-order chi connectivity index (χ0) is 23.4. The van der Waals surface area contributed by atoms with Gasteiger partial charge in [0.2, 0.25) is 0 Å². The molecular formula is C26H38N6O. The average Bonchev–Trinajstić information content (AvgIpc) is 2.82. The van der Waals surface area contributed by atoms with E-state index in [1.165, 1.54) is 5.56 Å². The van der Waals surface area contributed by atoms with Gasteiger partial charge in [-0.1, -0.05) is 18.2 Å². The first-order chi connectivity index (χ1) is 15.9. The quantitative estimate of drug-likeness (QED) is 0.568. The summed E-state index contributed by atoms with van der Waals surface area (Å²) >= 11 is 0. The second-order valence-corrected chi connectivity index (χ2v) is 9.42. The Morgan fingerprint density at radius 2 is 1.70 bits per heavy atom. The highest BCUT2D eigenvalue weighted by atomic mass is 16.5. The van der Waals surface area contributed by atoms with Gasteiger partial charge in [0.1, 0.15) is 11.6 Å². The van der Waals surface area contributed by atoms with Crippen LogP contribution in [0.2, 0.25) is 0 Å². The molecule has 7 nitrogen and oxygen atoms in total. The van der Waals surface area contributed by atoms with Crippen LogP contribution < -0.4 is 36.2 Å². The van der Waals surface area contributed by atoms with Gasteiger partial charge >= 0.3 is 0 Å². The maximum absolute atomic E-state index is 5.63. The van der Waals surface area contributed by atoms with Crippen LogP contribution in [0, 0.1) is 0 Å². The van der Waals surface area contributed by atoms with Crippen LogP contribution >= 0.6 is 0 Å². The van der Waals surface area contributed by atoms with Crippen molar-refractivity contribution in [2.45, 2.75) is 50.6 Å². The lowest BCUT2D eigenvalue weighted by molar-refractivity contribution is 0.275. The molecule has 1 saturated carbocycles. The third kappa shape index (κ3) is 5.60. The summed E-state index contributed by atoms with van der Waals surface area (Å²) in [6.07, 6.45) is 4.50. The van der Waals surface area contributed by atoms with Crippen LogP contribution in [0.1, 0.15) is 31.2 Å². The number of fused-ring (bicyclic) bond motifs is 1. The van der Waals surface area contributed by atoms with E-state index in [1.54, 1.807) is 7.11 Å². The normalized spacial score (nSPS) is 22.1. The van der Waals surface area contributed by atoms with Gasteiger partial charge in [0, 0.05) is 69.4 Å². The number of nitrogens with zero attached hydrogens (tertiary/aromatic N) is 3. The number of para-hydroxylation sites is 1. The molecule has 33 heavy (non-hydrogen) atoms. The molecule has 1 atom stereocenters. The summed E-state index contributed by atoms with van der Waals surface area (Å²) in [5.74, 6) is 2.06. The lowest BCUT2D eigenvalue weighted by Crippen LogP contribution is -2.55. The summed E-state index contributed by atoms with van der Waals surface area (Å²) in [6.45, 7) is 0.830. The lowest BCUT2D eigenvalue weighted by Gasteiger charge is -2.34. The molecule has 1 unspecified atom stereocenters. The Morgan fingerprint density at radius 1 is 0.970 bits per heavy atom. The molecule has 1 heterocycles. The highest BCUT2D eigenvalue weighted by Gasteiger charge is 2.24. The molecule has 4 rings (SSSR count). The van der Waals surface area contributed by atoms with E-state index in [0.717, 1.165) is 60.1 Å². The molecule has 1 fully saturated rings. The molecule has 0 saturated heterocycles. The average molecular weight is 451 g/mol. The molecule has 0 spiro atoms. The predicted molar refractivity (Wildman–Crippen MR) is 135 cm³/mol. The van der Waals surface area contributed by atoms with Gasteiger partial charge in [0.15, 0.2) is 6.29 Å². The number of methoxy groups -OCH3 is 1. The van der Waals surface area contributed by atoms with E-state index < -0.39 is 0 Å². The Balaban J connectivity index is 1.30. The lowest BCUT2D eigenvalue weighted by atomic mass is 9.91. The number of rotatable bonds is 8. The fourth-order valence-electron chi connectivity index (χ4n) is 4.71. The molecule has 2 aromatic rings. The summed E-state index contributed by atoms with van der Waals surface area (Å²) in [4.78, 5) is 9.13. The Morgan fingerprint density at radius 3 is 2.39 bits per heavy atom. The molecule has 2 aromatic carbocycles. The first-order valence-corrected chi connectivity index (χ1v) is 11.9. The second kappa shape index (κ2) is 10.4. The van der Waals surface area contributed by atoms with E-state index in [9.17, 15) is 0 Å². The fourth-order valence-corrected chi connectivity index (χ4v) is 4.71. The number of hydrogen-bond donors (Lipinski definition) is 3. The maximum Gasteiger partial charge on any atom is 0.175 e. The van der Waals surface area contributed by atoms with E-state index in [0.29, 0.717) is 12.1 Å². The summed E-state index contributed by atoms with van der Waals surface area (Å²) < 4.78 is 5.63. The Bertz CT molecular complexity index is 1060. The number of ether oxygens (including phenoxy) is 1. The van der Waals surface area contributed by atoms with Crippen molar-refractivity contribution < 1.29 is 4.74 Å². The van der Waals surface area contributed by atoms with Crippen LogP contribution in [-0.4, -0.2) is 58.6 Å². The smallest absolute Gasteiger partial charge is 0.175 e. The summed E-state index contributed by atoms with van der Waals surface area (Å²) in [5, 5.41) is 13.3. The van der Waals surface area contributed by atoms with E-state index in [2.05, 4.69) is 82.3 Å². The topological polar surface area (TPSA) is 64.2 Å². The van der Waals surface area contributed by atoms with Crippen LogP contribution in [0.3, 0.4) is 0 Å². The number of benzene rings is 2. The van der Waals surface area contributed by atoms with Crippen LogP contribution in [0.4, 0.5) is 5.69 Å². The van der Waals surface area contributed by atoms with Crippen molar-refractivity contribution >= 4 is 11.5 Å². The molecule has 7 heteroatoms. The van der Waals surface area contributed by atoms with Gasteiger partial charge < -0.3 is 25.2 Å². The Labute approximate surface area is 197 Å². The molecule has 1 aliphatic carbocycles. The largest absolute Gasteiger partial charge is 0.496 e. The summed E-state index contributed by atoms with van der Waals surface area (Å²) in [7, 11) is 9.99. The third-order valence-corrected chi connectivity index (χ3v) is 6.64. The monoisotopic (exact) mass is 450 g/mol. The molecule has 0 amide bonds. The highest BCUT2D eigenvalue weighted by molar-refractivity contribution is 5.53. The van der Waals surface area contributed by atoms with Gasteiger partial charge in [-0.25, -0.2) is 4.99 Å². The standard InChI is InChI=1S/C26H38N6O/c1-31(2)21-15-10-18(24(16-21)33-5)17-27-19-11-13-20(14-12-19)28-26-29-23-9-7-6-8-22(23)25(30-26)32(3)4/h6-10,15-16,19-20,26-28,30H,11-14,17H2,1-5H3/t19-,20+,26?. The molecule has 3 N–H and O–H groups in total. The first kappa shape index (κ1) is 23.4. The van der Waals surface area contributed by atoms with Crippen molar-refractivity contribution in [2.24, 2.45) is 4.99 Å². The summed E-state index contributed by atoms with van der Waals surface area (Å²) in [5.41, 5.74) is 2.36. The van der Waals surface area contributed by atoms with Gasteiger partial charge in [0.25, 0.3) is 0 Å². The van der Waals surface area contributed by atoms with E-state index >= 15 is 0 Å². The molecule has 0 bridgehead atoms. The van der Waals surface area contributed by atoms with E-state index in [-0.39, 0.29) is 6.29 Å². The fraction of sp³-hybridized carbons (Fsp3) is 0.500. The number of hydrogen-bond acceptors (Lipinski definition) is 7. The van der Waals surface area contributed by atoms with E-state index in [4.69, 9.17) is 9.73 Å². The highest BCUT2D eigenvalue weighted by Crippen LogP contribution is 2.26. The Kier molecular flexibility index (Phi) is 7.40. The van der Waals surface area contributed by atoms with Gasteiger partial charge in [-0.2, -0.15) is 0 Å². The van der Waals surface area contributed by atoms with Crippen molar-refractivity contribution in [3.05, 3.63) is 58.6 Å². The van der Waals surface area contributed by atoms with Crippen molar-refractivity contribution in [1.29, 1.82) is 0 Å². The molecule has 0 radical (unpaired) electrons. The SMILES string of the molecule is COc1cc(N(C)C)ccc1CN[C@H]1CC[C@@H](NC2N=c3ccccc3=C(N(C)C)N2)CC1. The van der Waals surface area contributed by atoms with E-state index in [1.807, 2.05) is 14.1 Å². The molecule has 1 aliphatic heterocycles. The zero-order valence-electron chi connectivity index (χ0n) is 20.6. The zero-order valence-corrected chi connectivity index (χ0v) is 20.6. The van der Waals surface area contributed by atoms with Crippen LogP contribution in [-0.2, 0) is 6.54 Å². The minimum atomic E-state index is -0.0914. The maximum atomic E-state index is 5.63. The second-order valence-electron chi connectivity index (χ2n) is 9.42. The first-order valence-electron chi connectivity index (χ1n) is 11.9. The number of anilines is 1. The molecular weight excluding hydrogens is 412 g/mol. The van der Waals surface area contributed by atoms with Crippen molar-refractivity contribution in [3.63, 3.8) is 0 Å². The summed E-state index contributed by atoms with van der Waals surface area (Å²) in [6, 6.07) is 15.8. The van der Waals surface area contributed by atoms with Gasteiger partial charge in [-0.3, -0.25) is 5.32 Å².